The molecule has 1 aliphatic heterocycles. The predicted molar refractivity (Wildman–Crippen MR) is 107 cm³/mol. The van der Waals surface area contributed by atoms with E-state index in [1.54, 1.807) is 31.3 Å². The van der Waals surface area contributed by atoms with E-state index in [0.29, 0.717) is 10.6 Å². The van der Waals surface area contributed by atoms with Crippen LogP contribution in [-0.4, -0.2) is 41.2 Å². The van der Waals surface area contributed by atoms with E-state index in [-0.39, 0.29) is 17.4 Å². The third kappa shape index (κ3) is 4.21. The van der Waals surface area contributed by atoms with Gasteiger partial charge in [0.15, 0.2) is 0 Å². The summed E-state index contributed by atoms with van der Waals surface area (Å²) in [7, 11) is 1.54. The Bertz CT molecular complexity index is 983. The molecule has 29 heavy (non-hydrogen) atoms. The Labute approximate surface area is 177 Å². The van der Waals surface area contributed by atoms with Crippen LogP contribution in [0.4, 0.5) is 9.18 Å². The van der Waals surface area contributed by atoms with Crippen molar-refractivity contribution in [2.75, 3.05) is 13.6 Å². The molecule has 0 saturated carbocycles. The summed E-state index contributed by atoms with van der Waals surface area (Å²) in [6.45, 7) is 1.31. The first-order chi connectivity index (χ1) is 13.6. The summed E-state index contributed by atoms with van der Waals surface area (Å²) in [5, 5.41) is 3.23. The molecule has 1 fully saturated rings. The molecule has 0 radical (unpaired) electrons. The first kappa shape index (κ1) is 21.1. The van der Waals surface area contributed by atoms with Crippen LogP contribution in [0.2, 0.25) is 10.0 Å². The molecule has 0 aromatic heterocycles. The molecule has 4 amide bonds. The van der Waals surface area contributed by atoms with Crippen molar-refractivity contribution in [2.45, 2.75) is 19.0 Å². The summed E-state index contributed by atoms with van der Waals surface area (Å²) in [5.41, 5.74) is -0.303. The average molecular weight is 438 g/mol. The molecule has 6 nitrogen and oxygen atoms in total. The Morgan fingerprint density at radius 3 is 2.45 bits per heavy atom. The fourth-order valence-corrected chi connectivity index (χ4v) is 3.72. The van der Waals surface area contributed by atoms with Crippen LogP contribution >= 0.6 is 23.2 Å². The standard InChI is InChI=1S/C20H18Cl2FN3O3/c1-20(15-8-5-13(21)9-16(15)22)18(28)26(19(29)24-20)11-17(27)25(2)10-12-3-6-14(23)7-4-12/h3-9H,10-11H2,1-2H3,(H,24,29). The first-order valence-electron chi connectivity index (χ1n) is 8.70. The number of nitrogens with one attached hydrogen (secondary N) is 1. The highest BCUT2D eigenvalue weighted by Gasteiger charge is 2.50. The van der Waals surface area contributed by atoms with Crippen molar-refractivity contribution in [1.29, 1.82) is 0 Å². The van der Waals surface area contributed by atoms with Gasteiger partial charge in [0.1, 0.15) is 17.9 Å². The van der Waals surface area contributed by atoms with Crippen molar-refractivity contribution >= 4 is 41.0 Å². The van der Waals surface area contributed by atoms with Crippen LogP contribution in [-0.2, 0) is 21.7 Å². The van der Waals surface area contributed by atoms with Gasteiger partial charge >= 0.3 is 6.03 Å². The zero-order valence-corrected chi connectivity index (χ0v) is 17.2. The normalized spacial score (nSPS) is 18.7. The number of halogens is 3. The third-order valence-corrected chi connectivity index (χ3v) is 5.34. The van der Waals surface area contributed by atoms with Crippen LogP contribution < -0.4 is 5.32 Å². The Kier molecular flexibility index (Phi) is 5.82. The number of amides is 4. The molecule has 1 heterocycles. The van der Waals surface area contributed by atoms with E-state index < -0.39 is 29.9 Å². The van der Waals surface area contributed by atoms with Crippen molar-refractivity contribution in [3.8, 4) is 0 Å². The Hall–Kier alpha value is -2.64. The van der Waals surface area contributed by atoms with Crippen molar-refractivity contribution in [1.82, 2.24) is 15.1 Å². The lowest BCUT2D eigenvalue weighted by atomic mass is 9.92. The topological polar surface area (TPSA) is 69.7 Å². The van der Waals surface area contributed by atoms with Gasteiger partial charge in [-0.15, -0.1) is 0 Å². The van der Waals surface area contributed by atoms with Crippen molar-refractivity contribution < 1.29 is 18.8 Å². The number of benzene rings is 2. The fraction of sp³-hybridized carbons (Fsp3) is 0.250. The van der Waals surface area contributed by atoms with Gasteiger partial charge in [-0.2, -0.15) is 0 Å². The Morgan fingerprint density at radius 2 is 1.83 bits per heavy atom. The van der Waals surface area contributed by atoms with Crippen LogP contribution in [0, 0.1) is 5.82 Å². The zero-order valence-electron chi connectivity index (χ0n) is 15.7. The smallest absolute Gasteiger partial charge is 0.325 e. The number of carbonyl (C=O) groups is 3. The molecule has 1 aliphatic rings. The number of urea groups is 1. The molecule has 0 aliphatic carbocycles. The highest BCUT2D eigenvalue weighted by Crippen LogP contribution is 2.34. The molecule has 1 saturated heterocycles. The molecule has 2 aromatic carbocycles. The molecule has 1 unspecified atom stereocenters. The van der Waals surface area contributed by atoms with E-state index in [9.17, 15) is 18.8 Å². The molecule has 3 rings (SSSR count). The minimum Gasteiger partial charge on any atom is -0.340 e. The van der Waals surface area contributed by atoms with E-state index in [4.69, 9.17) is 23.2 Å². The lowest BCUT2D eigenvalue weighted by Gasteiger charge is -2.24. The zero-order chi connectivity index (χ0) is 21.3. The number of rotatable bonds is 5. The van der Waals surface area contributed by atoms with Gasteiger partial charge < -0.3 is 10.2 Å². The van der Waals surface area contributed by atoms with Gasteiger partial charge in [-0.3, -0.25) is 14.5 Å². The minimum absolute atomic E-state index is 0.211. The number of nitrogens with zero attached hydrogens (tertiary/aromatic N) is 2. The van der Waals surface area contributed by atoms with Gasteiger partial charge in [0.25, 0.3) is 5.91 Å². The van der Waals surface area contributed by atoms with Gasteiger partial charge in [-0.1, -0.05) is 41.4 Å². The fourth-order valence-electron chi connectivity index (χ4n) is 3.13. The second-order valence-electron chi connectivity index (χ2n) is 6.95. The van der Waals surface area contributed by atoms with Crippen LogP contribution in [0.25, 0.3) is 0 Å². The Morgan fingerprint density at radius 1 is 1.17 bits per heavy atom. The van der Waals surface area contributed by atoms with Crippen LogP contribution in [0.1, 0.15) is 18.1 Å². The second-order valence-corrected chi connectivity index (χ2v) is 7.79. The number of hydrogen-bond donors (Lipinski definition) is 1. The number of imide groups is 1. The van der Waals surface area contributed by atoms with Crippen molar-refractivity contribution in [3.63, 3.8) is 0 Å². The lowest BCUT2D eigenvalue weighted by Crippen LogP contribution is -2.43. The monoisotopic (exact) mass is 437 g/mol. The first-order valence-corrected chi connectivity index (χ1v) is 9.45. The van der Waals surface area contributed by atoms with Gasteiger partial charge in [-0.05, 0) is 36.8 Å². The van der Waals surface area contributed by atoms with Crippen molar-refractivity contribution in [2.24, 2.45) is 0 Å². The molecule has 9 heteroatoms. The van der Waals surface area contributed by atoms with Crippen LogP contribution in [0.3, 0.4) is 0 Å². The highest BCUT2D eigenvalue weighted by atomic mass is 35.5. The van der Waals surface area contributed by atoms with Gasteiger partial charge in [-0.25, -0.2) is 9.18 Å². The lowest BCUT2D eigenvalue weighted by molar-refractivity contribution is -0.138. The Balaban J connectivity index is 1.74. The van der Waals surface area contributed by atoms with E-state index in [1.165, 1.54) is 30.0 Å². The third-order valence-electron chi connectivity index (χ3n) is 4.80. The maximum Gasteiger partial charge on any atom is 0.325 e. The molecular weight excluding hydrogens is 420 g/mol. The van der Waals surface area contributed by atoms with Crippen molar-refractivity contribution in [3.05, 3.63) is 69.5 Å². The minimum atomic E-state index is -1.41. The molecule has 1 atom stereocenters. The highest BCUT2D eigenvalue weighted by molar-refractivity contribution is 6.35. The molecule has 0 bridgehead atoms. The largest absolute Gasteiger partial charge is 0.340 e. The predicted octanol–water partition coefficient (Wildman–Crippen LogP) is 3.56. The summed E-state index contributed by atoms with van der Waals surface area (Å²) < 4.78 is 13.0. The maximum atomic E-state index is 13.0. The summed E-state index contributed by atoms with van der Waals surface area (Å²) in [6.07, 6.45) is 0. The summed E-state index contributed by atoms with van der Waals surface area (Å²) in [4.78, 5) is 40.2. The number of likely N-dealkylation sites (N-methyl/N-ethyl adjacent to an activating group) is 1. The molecular formula is C20H18Cl2FN3O3. The average Bonchev–Trinajstić information content (AvgIpc) is 2.87. The van der Waals surface area contributed by atoms with Gasteiger partial charge in [0.2, 0.25) is 5.91 Å². The van der Waals surface area contributed by atoms with E-state index in [1.807, 2.05) is 0 Å². The van der Waals surface area contributed by atoms with Crippen LogP contribution in [0.15, 0.2) is 42.5 Å². The van der Waals surface area contributed by atoms with E-state index in [0.717, 1.165) is 10.5 Å². The van der Waals surface area contributed by atoms with E-state index in [2.05, 4.69) is 5.32 Å². The van der Waals surface area contributed by atoms with Gasteiger partial charge in [0, 0.05) is 29.2 Å². The van der Waals surface area contributed by atoms with E-state index >= 15 is 0 Å². The summed E-state index contributed by atoms with van der Waals surface area (Å²) in [6, 6.07) is 9.64. The van der Waals surface area contributed by atoms with Crippen LogP contribution in [0.5, 0.6) is 0 Å². The number of carbonyl (C=O) groups excluding carboxylic acids is 3. The molecule has 1 N–H and O–H groups in total. The molecule has 152 valence electrons. The quantitative estimate of drug-likeness (QED) is 0.726. The summed E-state index contributed by atoms with van der Waals surface area (Å²) in [5.74, 6) is -1.40. The van der Waals surface area contributed by atoms with Gasteiger partial charge in [0.05, 0.1) is 0 Å². The number of hydrogen-bond acceptors (Lipinski definition) is 3. The maximum absolute atomic E-state index is 13.0. The SMILES string of the molecule is CN(Cc1ccc(F)cc1)C(=O)CN1C(=O)NC(C)(c2ccc(Cl)cc2Cl)C1=O. The second kappa shape index (κ2) is 8.00. The molecule has 2 aromatic rings. The molecule has 0 spiro atoms. The summed E-state index contributed by atoms with van der Waals surface area (Å²) >= 11 is 12.1.